The van der Waals surface area contributed by atoms with Crippen molar-refractivity contribution < 1.29 is 19.1 Å². The predicted molar refractivity (Wildman–Crippen MR) is 107 cm³/mol. The minimum Gasteiger partial charge on any atom is -0.392 e. The fourth-order valence-electron chi connectivity index (χ4n) is 4.99. The Bertz CT molecular complexity index is 749. The first-order chi connectivity index (χ1) is 14.0. The summed E-state index contributed by atoms with van der Waals surface area (Å²) in [4.78, 5) is 27.1. The summed E-state index contributed by atoms with van der Waals surface area (Å²) in [6, 6.07) is 6.39. The van der Waals surface area contributed by atoms with E-state index in [-0.39, 0.29) is 29.5 Å². The molecule has 1 aliphatic heterocycles. The maximum Gasteiger partial charge on any atom is 0.225 e. The molecule has 1 saturated heterocycles. The first-order valence-corrected chi connectivity index (χ1v) is 11.0. The van der Waals surface area contributed by atoms with Crippen LogP contribution < -0.4 is 5.32 Å². The number of rotatable bonds is 6. The summed E-state index contributed by atoms with van der Waals surface area (Å²) in [6.45, 7) is 1.68. The molecule has 1 aromatic carbocycles. The molecule has 0 spiro atoms. The summed E-state index contributed by atoms with van der Waals surface area (Å²) >= 11 is 0. The fourth-order valence-corrected chi connectivity index (χ4v) is 4.99. The van der Waals surface area contributed by atoms with Crippen molar-refractivity contribution >= 4 is 11.8 Å². The van der Waals surface area contributed by atoms with Crippen molar-refractivity contribution in [1.82, 2.24) is 10.2 Å². The number of hydrogen-bond acceptors (Lipinski definition) is 3. The predicted octanol–water partition coefficient (Wildman–Crippen LogP) is 2.66. The van der Waals surface area contributed by atoms with Crippen LogP contribution in [0.5, 0.6) is 0 Å². The number of halogens is 1. The van der Waals surface area contributed by atoms with Crippen LogP contribution in [-0.2, 0) is 16.0 Å². The number of carbonyl (C=O) groups is 2. The third-order valence-corrected chi connectivity index (χ3v) is 6.97. The molecule has 3 atom stereocenters. The van der Waals surface area contributed by atoms with Crippen molar-refractivity contribution in [3.8, 4) is 0 Å². The van der Waals surface area contributed by atoms with Crippen molar-refractivity contribution in [2.75, 3.05) is 19.6 Å². The van der Waals surface area contributed by atoms with Gasteiger partial charge in [-0.3, -0.25) is 9.59 Å². The highest BCUT2D eigenvalue weighted by Gasteiger charge is 2.43. The Morgan fingerprint density at radius 3 is 2.52 bits per heavy atom. The topological polar surface area (TPSA) is 69.6 Å². The SMILES string of the molecule is O=C(NCC1(Cc2ccc(F)cc2)CCCC1O)C1CCCN(C(=O)C2CC2)C1. The van der Waals surface area contributed by atoms with E-state index in [1.807, 2.05) is 4.90 Å². The molecule has 158 valence electrons. The van der Waals surface area contributed by atoms with Crippen molar-refractivity contribution in [3.05, 3.63) is 35.6 Å². The Labute approximate surface area is 171 Å². The van der Waals surface area contributed by atoms with Crippen LogP contribution in [0.1, 0.15) is 50.5 Å². The van der Waals surface area contributed by atoms with Gasteiger partial charge in [0.2, 0.25) is 11.8 Å². The smallest absolute Gasteiger partial charge is 0.225 e. The molecule has 2 amide bonds. The van der Waals surface area contributed by atoms with Crippen molar-refractivity contribution in [3.63, 3.8) is 0 Å². The fraction of sp³-hybridized carbons (Fsp3) is 0.652. The van der Waals surface area contributed by atoms with Gasteiger partial charge in [-0.25, -0.2) is 4.39 Å². The van der Waals surface area contributed by atoms with Gasteiger partial charge in [0.05, 0.1) is 12.0 Å². The third kappa shape index (κ3) is 4.63. The van der Waals surface area contributed by atoms with E-state index in [9.17, 15) is 19.1 Å². The first kappa shape index (κ1) is 20.3. The van der Waals surface area contributed by atoms with Crippen LogP contribution in [0.4, 0.5) is 4.39 Å². The van der Waals surface area contributed by atoms with Gasteiger partial charge < -0.3 is 15.3 Å². The molecule has 3 fully saturated rings. The number of aliphatic hydroxyl groups is 1. The van der Waals surface area contributed by atoms with Gasteiger partial charge in [-0.1, -0.05) is 18.6 Å². The molecular weight excluding hydrogens is 371 g/mol. The van der Waals surface area contributed by atoms with Crippen molar-refractivity contribution in [2.24, 2.45) is 17.3 Å². The largest absolute Gasteiger partial charge is 0.392 e. The highest BCUT2D eigenvalue weighted by atomic mass is 19.1. The second kappa shape index (κ2) is 8.42. The van der Waals surface area contributed by atoms with E-state index < -0.39 is 11.5 Å². The highest BCUT2D eigenvalue weighted by molar-refractivity contribution is 5.83. The van der Waals surface area contributed by atoms with Gasteiger partial charge in [-0.2, -0.15) is 0 Å². The lowest BCUT2D eigenvalue weighted by atomic mass is 9.78. The first-order valence-electron chi connectivity index (χ1n) is 11.0. The Hall–Kier alpha value is -1.95. The van der Waals surface area contributed by atoms with Crippen LogP contribution >= 0.6 is 0 Å². The van der Waals surface area contributed by atoms with Gasteiger partial charge in [-0.15, -0.1) is 0 Å². The second-order valence-corrected chi connectivity index (χ2v) is 9.19. The molecular formula is C23H31FN2O3. The number of benzene rings is 1. The Morgan fingerprint density at radius 2 is 1.86 bits per heavy atom. The van der Waals surface area contributed by atoms with E-state index in [0.717, 1.165) is 57.1 Å². The summed E-state index contributed by atoms with van der Waals surface area (Å²) in [6.07, 6.45) is 6.25. The zero-order valence-corrected chi connectivity index (χ0v) is 16.9. The van der Waals surface area contributed by atoms with E-state index in [1.165, 1.54) is 12.1 Å². The molecule has 2 N–H and O–H groups in total. The van der Waals surface area contributed by atoms with E-state index >= 15 is 0 Å². The molecule has 2 aliphatic carbocycles. The number of nitrogens with zero attached hydrogens (tertiary/aromatic N) is 1. The van der Waals surface area contributed by atoms with Crippen LogP contribution in [0.15, 0.2) is 24.3 Å². The molecule has 0 radical (unpaired) electrons. The molecule has 0 aromatic heterocycles. The van der Waals surface area contributed by atoms with Crippen LogP contribution in [0, 0.1) is 23.1 Å². The number of nitrogens with one attached hydrogen (secondary N) is 1. The Kier molecular flexibility index (Phi) is 5.91. The number of aliphatic hydroxyl groups excluding tert-OH is 1. The van der Waals surface area contributed by atoms with Gasteiger partial charge in [-0.05, 0) is 62.6 Å². The molecule has 6 heteroatoms. The second-order valence-electron chi connectivity index (χ2n) is 9.19. The number of piperidine rings is 1. The van der Waals surface area contributed by atoms with Gasteiger partial charge >= 0.3 is 0 Å². The molecule has 5 nitrogen and oxygen atoms in total. The Morgan fingerprint density at radius 1 is 1.10 bits per heavy atom. The number of hydrogen-bond donors (Lipinski definition) is 2. The zero-order chi connectivity index (χ0) is 20.4. The molecule has 2 saturated carbocycles. The molecule has 3 aliphatic rings. The summed E-state index contributed by atoms with van der Waals surface area (Å²) in [7, 11) is 0. The van der Waals surface area contributed by atoms with E-state index in [0.29, 0.717) is 19.5 Å². The minimum atomic E-state index is -0.479. The molecule has 0 bridgehead atoms. The van der Waals surface area contributed by atoms with E-state index in [2.05, 4.69) is 5.32 Å². The van der Waals surface area contributed by atoms with Crippen LogP contribution in [0.2, 0.25) is 0 Å². The van der Waals surface area contributed by atoms with Crippen molar-refractivity contribution in [2.45, 2.75) is 57.5 Å². The average molecular weight is 403 g/mol. The highest BCUT2D eigenvalue weighted by Crippen LogP contribution is 2.41. The van der Waals surface area contributed by atoms with Gasteiger partial charge in [0.1, 0.15) is 5.82 Å². The maximum absolute atomic E-state index is 13.2. The van der Waals surface area contributed by atoms with Gasteiger partial charge in [0.25, 0.3) is 0 Å². The van der Waals surface area contributed by atoms with Crippen LogP contribution in [-0.4, -0.2) is 47.6 Å². The van der Waals surface area contributed by atoms with E-state index in [1.54, 1.807) is 12.1 Å². The number of likely N-dealkylation sites (tertiary alicyclic amines) is 1. The summed E-state index contributed by atoms with van der Waals surface area (Å²) in [5.41, 5.74) is 0.562. The van der Waals surface area contributed by atoms with Crippen molar-refractivity contribution in [1.29, 1.82) is 0 Å². The summed E-state index contributed by atoms with van der Waals surface area (Å²) < 4.78 is 13.2. The zero-order valence-electron chi connectivity index (χ0n) is 16.9. The summed E-state index contributed by atoms with van der Waals surface area (Å²) in [5.74, 6) is -0.0691. The lowest BCUT2D eigenvalue weighted by molar-refractivity contribution is -0.137. The molecule has 29 heavy (non-hydrogen) atoms. The lowest BCUT2D eigenvalue weighted by Crippen LogP contribution is -2.49. The molecule has 4 rings (SSSR count). The summed E-state index contributed by atoms with van der Waals surface area (Å²) in [5, 5.41) is 13.8. The standard InChI is InChI=1S/C23H31FN2O3/c24-19-9-5-16(6-10-19)13-23(11-1-4-20(23)27)15-25-21(28)18-3-2-12-26(14-18)22(29)17-7-8-17/h5-6,9-10,17-18,20,27H,1-4,7-8,11-15H2,(H,25,28). The maximum atomic E-state index is 13.2. The van der Waals surface area contributed by atoms with Gasteiger partial charge in [0.15, 0.2) is 0 Å². The molecule has 3 unspecified atom stereocenters. The molecule has 1 aromatic rings. The van der Waals surface area contributed by atoms with E-state index in [4.69, 9.17) is 0 Å². The number of amides is 2. The quantitative estimate of drug-likeness (QED) is 0.769. The average Bonchev–Trinajstić information content (AvgIpc) is 3.52. The lowest BCUT2D eigenvalue weighted by Gasteiger charge is -2.35. The van der Waals surface area contributed by atoms with Crippen LogP contribution in [0.25, 0.3) is 0 Å². The Balaban J connectivity index is 1.37. The van der Waals surface area contributed by atoms with Gasteiger partial charge in [0, 0.05) is 31.0 Å². The monoisotopic (exact) mass is 402 g/mol. The third-order valence-electron chi connectivity index (χ3n) is 6.97. The number of carbonyl (C=O) groups excluding carboxylic acids is 2. The normalized spacial score (nSPS) is 29.7. The van der Waals surface area contributed by atoms with Crippen LogP contribution in [0.3, 0.4) is 0 Å². The minimum absolute atomic E-state index is 0.0177. The molecule has 1 heterocycles.